The van der Waals surface area contributed by atoms with Crippen LogP contribution in [0.1, 0.15) is 53.9 Å². The van der Waals surface area contributed by atoms with Gasteiger partial charge < -0.3 is 25.5 Å². The molecule has 9 heteroatoms. The standard InChI is InChI=1S/C20H36N4O5/c1-7-10-24(17(27)13(2)25)18(28)14-9-8-11-23(14)19(29)16(20(3,4)5)22-15(26)12-21-6/h14,16-17,21,27H,7-12H2,1-6H3,(H,22,26). The third kappa shape index (κ3) is 6.50. The molecule has 3 atom stereocenters. The van der Waals surface area contributed by atoms with E-state index in [2.05, 4.69) is 10.6 Å². The maximum absolute atomic E-state index is 13.3. The van der Waals surface area contributed by atoms with Crippen LogP contribution >= 0.6 is 0 Å². The van der Waals surface area contributed by atoms with E-state index in [0.29, 0.717) is 25.8 Å². The summed E-state index contributed by atoms with van der Waals surface area (Å²) in [6.07, 6.45) is 0.145. The van der Waals surface area contributed by atoms with E-state index in [0.717, 1.165) is 4.90 Å². The first-order valence-corrected chi connectivity index (χ1v) is 10.2. The minimum atomic E-state index is -1.52. The van der Waals surface area contributed by atoms with Gasteiger partial charge in [-0.2, -0.15) is 0 Å². The van der Waals surface area contributed by atoms with Gasteiger partial charge in [-0.05, 0) is 38.6 Å². The van der Waals surface area contributed by atoms with Crippen LogP contribution in [-0.2, 0) is 19.2 Å². The Bertz CT molecular complexity index is 616. The summed E-state index contributed by atoms with van der Waals surface area (Å²) >= 11 is 0. The Morgan fingerprint density at radius 2 is 1.86 bits per heavy atom. The highest BCUT2D eigenvalue weighted by Gasteiger charge is 2.43. The zero-order valence-corrected chi connectivity index (χ0v) is 18.4. The highest BCUT2D eigenvalue weighted by atomic mass is 16.3. The number of aliphatic hydroxyl groups is 1. The van der Waals surface area contributed by atoms with E-state index in [1.54, 1.807) is 7.05 Å². The second-order valence-electron chi connectivity index (χ2n) is 8.60. The lowest BCUT2D eigenvalue weighted by Crippen LogP contribution is -2.59. The average Bonchev–Trinajstić information content (AvgIpc) is 3.11. The fourth-order valence-corrected chi connectivity index (χ4v) is 3.48. The molecule has 1 rings (SSSR count). The van der Waals surface area contributed by atoms with E-state index >= 15 is 0 Å². The van der Waals surface area contributed by atoms with Crippen molar-refractivity contribution in [2.24, 2.45) is 5.41 Å². The molecule has 3 N–H and O–H groups in total. The van der Waals surface area contributed by atoms with Crippen LogP contribution in [-0.4, -0.2) is 83.4 Å². The molecule has 1 heterocycles. The maximum Gasteiger partial charge on any atom is 0.247 e. The topological polar surface area (TPSA) is 119 Å². The van der Waals surface area contributed by atoms with Gasteiger partial charge >= 0.3 is 0 Å². The Kier molecular flexibility index (Phi) is 9.22. The molecular formula is C20H36N4O5. The highest BCUT2D eigenvalue weighted by Crippen LogP contribution is 2.27. The van der Waals surface area contributed by atoms with E-state index in [1.165, 1.54) is 11.8 Å². The van der Waals surface area contributed by atoms with Gasteiger partial charge in [0.05, 0.1) is 6.54 Å². The largest absolute Gasteiger partial charge is 0.367 e. The minimum absolute atomic E-state index is 0.0807. The Morgan fingerprint density at radius 1 is 1.24 bits per heavy atom. The first-order chi connectivity index (χ1) is 13.4. The summed E-state index contributed by atoms with van der Waals surface area (Å²) in [6, 6.07) is -1.55. The molecule has 0 radical (unpaired) electrons. The summed E-state index contributed by atoms with van der Waals surface area (Å²) in [6.45, 7) is 9.32. The summed E-state index contributed by atoms with van der Waals surface area (Å²) in [7, 11) is 1.64. The summed E-state index contributed by atoms with van der Waals surface area (Å²) in [5, 5.41) is 15.7. The van der Waals surface area contributed by atoms with Crippen LogP contribution in [0.2, 0.25) is 0 Å². The molecule has 0 aromatic carbocycles. The second kappa shape index (κ2) is 10.7. The lowest BCUT2D eigenvalue weighted by molar-refractivity contribution is -0.157. The van der Waals surface area contributed by atoms with Crippen LogP contribution in [0.4, 0.5) is 0 Å². The van der Waals surface area contributed by atoms with Crippen molar-refractivity contribution in [1.29, 1.82) is 0 Å². The van der Waals surface area contributed by atoms with Gasteiger partial charge in [0, 0.05) is 13.1 Å². The normalized spacial score (nSPS) is 18.9. The number of hydrogen-bond donors (Lipinski definition) is 3. The van der Waals surface area contributed by atoms with Crippen molar-refractivity contribution >= 4 is 23.5 Å². The molecule has 166 valence electrons. The van der Waals surface area contributed by atoms with Crippen molar-refractivity contribution in [1.82, 2.24) is 20.4 Å². The molecule has 1 fully saturated rings. The zero-order chi connectivity index (χ0) is 22.4. The summed E-state index contributed by atoms with van der Waals surface area (Å²) in [5.41, 5.74) is -0.557. The quantitative estimate of drug-likeness (QED) is 0.454. The maximum atomic E-state index is 13.3. The number of carbonyl (C=O) groups excluding carboxylic acids is 4. The van der Waals surface area contributed by atoms with Crippen LogP contribution in [0.5, 0.6) is 0 Å². The number of likely N-dealkylation sites (tertiary alicyclic amines) is 1. The molecule has 1 saturated heterocycles. The van der Waals surface area contributed by atoms with Gasteiger partial charge in [0.2, 0.25) is 17.7 Å². The van der Waals surface area contributed by atoms with Crippen LogP contribution in [0, 0.1) is 5.41 Å². The summed E-state index contributed by atoms with van der Waals surface area (Å²) in [4.78, 5) is 52.8. The molecule has 9 nitrogen and oxygen atoms in total. The van der Waals surface area contributed by atoms with Gasteiger partial charge in [0.25, 0.3) is 0 Å². The molecule has 1 aliphatic heterocycles. The molecule has 3 unspecified atom stereocenters. The number of ketones is 1. The molecule has 0 aromatic heterocycles. The Labute approximate surface area is 173 Å². The van der Waals surface area contributed by atoms with Crippen molar-refractivity contribution in [2.45, 2.75) is 72.2 Å². The van der Waals surface area contributed by atoms with Crippen molar-refractivity contribution in [3.63, 3.8) is 0 Å². The van der Waals surface area contributed by atoms with Gasteiger partial charge in [-0.15, -0.1) is 0 Å². The number of amides is 3. The van der Waals surface area contributed by atoms with Crippen molar-refractivity contribution < 1.29 is 24.3 Å². The number of likely N-dealkylation sites (N-methyl/N-ethyl adjacent to an activating group) is 1. The summed E-state index contributed by atoms with van der Waals surface area (Å²) < 4.78 is 0. The van der Waals surface area contributed by atoms with Crippen LogP contribution < -0.4 is 10.6 Å². The Hall–Kier alpha value is -2.00. The van der Waals surface area contributed by atoms with E-state index in [-0.39, 0.29) is 24.9 Å². The monoisotopic (exact) mass is 412 g/mol. The van der Waals surface area contributed by atoms with E-state index in [4.69, 9.17) is 0 Å². The van der Waals surface area contributed by atoms with Crippen LogP contribution in [0.25, 0.3) is 0 Å². The molecule has 29 heavy (non-hydrogen) atoms. The number of nitrogens with zero attached hydrogens (tertiary/aromatic N) is 2. The number of carbonyl (C=O) groups is 4. The smallest absolute Gasteiger partial charge is 0.247 e. The Morgan fingerprint density at radius 3 is 2.34 bits per heavy atom. The van der Waals surface area contributed by atoms with E-state index in [1.807, 2.05) is 27.7 Å². The van der Waals surface area contributed by atoms with Crippen LogP contribution in [0.3, 0.4) is 0 Å². The molecular weight excluding hydrogens is 376 g/mol. The van der Waals surface area contributed by atoms with E-state index < -0.39 is 35.4 Å². The first-order valence-electron chi connectivity index (χ1n) is 10.2. The molecule has 0 saturated carbocycles. The third-order valence-electron chi connectivity index (χ3n) is 4.98. The first kappa shape index (κ1) is 25.0. The second-order valence-corrected chi connectivity index (χ2v) is 8.60. The number of Topliss-reactive ketones (excluding diaryl/α,β-unsaturated/α-hetero) is 1. The van der Waals surface area contributed by atoms with Crippen LogP contribution in [0.15, 0.2) is 0 Å². The average molecular weight is 413 g/mol. The fraction of sp³-hybridized carbons (Fsp3) is 0.800. The third-order valence-corrected chi connectivity index (χ3v) is 4.98. The van der Waals surface area contributed by atoms with Crippen molar-refractivity contribution in [3.05, 3.63) is 0 Å². The molecule has 1 aliphatic rings. The molecule has 0 aromatic rings. The lowest BCUT2D eigenvalue weighted by Gasteiger charge is -2.37. The predicted octanol–water partition coefficient (Wildman–Crippen LogP) is -0.126. The molecule has 0 aliphatic carbocycles. The Balaban J connectivity index is 3.10. The van der Waals surface area contributed by atoms with Gasteiger partial charge in [0.15, 0.2) is 12.0 Å². The van der Waals surface area contributed by atoms with Gasteiger partial charge in [-0.3, -0.25) is 19.2 Å². The molecule has 0 spiro atoms. The SMILES string of the molecule is CCCN(C(=O)C1CCCN1C(=O)C(NC(=O)CNC)C(C)(C)C)C(O)C(C)=O. The van der Waals surface area contributed by atoms with E-state index in [9.17, 15) is 24.3 Å². The fourth-order valence-electron chi connectivity index (χ4n) is 3.48. The van der Waals surface area contributed by atoms with Gasteiger partial charge in [0.1, 0.15) is 12.1 Å². The predicted molar refractivity (Wildman–Crippen MR) is 109 cm³/mol. The number of hydrogen-bond acceptors (Lipinski definition) is 6. The highest BCUT2D eigenvalue weighted by molar-refractivity contribution is 5.94. The van der Waals surface area contributed by atoms with Crippen molar-refractivity contribution in [3.8, 4) is 0 Å². The van der Waals surface area contributed by atoms with Crippen molar-refractivity contribution in [2.75, 3.05) is 26.7 Å². The summed E-state index contributed by atoms with van der Waals surface area (Å²) in [5.74, 6) is -1.58. The number of rotatable bonds is 9. The number of aliphatic hydroxyl groups excluding tert-OH is 1. The molecule has 3 amide bonds. The minimum Gasteiger partial charge on any atom is -0.367 e. The zero-order valence-electron chi connectivity index (χ0n) is 18.4. The number of nitrogens with one attached hydrogen (secondary N) is 2. The van der Waals surface area contributed by atoms with Gasteiger partial charge in [-0.25, -0.2) is 0 Å². The van der Waals surface area contributed by atoms with Gasteiger partial charge in [-0.1, -0.05) is 27.7 Å². The lowest BCUT2D eigenvalue weighted by atomic mass is 9.85. The molecule has 0 bridgehead atoms.